The number of carbonyl (C=O) groups excluding carboxylic acids is 1. The molecule has 0 aliphatic rings. The molecule has 0 aliphatic carbocycles. The van der Waals surface area contributed by atoms with Crippen LogP contribution in [0.3, 0.4) is 0 Å². The van der Waals surface area contributed by atoms with E-state index >= 15 is 0 Å². The molecule has 0 bridgehead atoms. The average Bonchev–Trinajstić information content (AvgIpc) is 2.22. The maximum absolute atomic E-state index is 10.9. The van der Waals surface area contributed by atoms with Crippen molar-refractivity contribution in [1.82, 2.24) is 0 Å². The normalized spacial score (nSPS) is 16.9. The lowest BCUT2D eigenvalue weighted by molar-refractivity contribution is -0.146. The van der Waals surface area contributed by atoms with Crippen LogP contribution >= 0.6 is 11.8 Å². The summed E-state index contributed by atoms with van der Waals surface area (Å²) in [6.07, 6.45) is 6.80. The van der Waals surface area contributed by atoms with E-state index in [2.05, 4.69) is 6.58 Å². The highest BCUT2D eigenvalue weighted by atomic mass is 32.2. The molecule has 4 nitrogen and oxygen atoms in total. The Morgan fingerprint density at radius 3 is 2.67 bits per heavy atom. The first-order chi connectivity index (χ1) is 7.02. The highest BCUT2D eigenvalue weighted by Gasteiger charge is 2.40. The van der Waals surface area contributed by atoms with Gasteiger partial charge in [-0.3, -0.25) is 0 Å². The molecular formula is C10H15NO3S. The third kappa shape index (κ3) is 3.53. The fraction of sp³-hybridized carbons (Fsp3) is 0.400. The van der Waals surface area contributed by atoms with Crippen LogP contribution < -0.4 is 5.73 Å². The molecule has 3 N–H and O–H groups in total. The summed E-state index contributed by atoms with van der Waals surface area (Å²) in [5, 5.41) is 8.90. The number of thioether (sulfide) groups is 1. The Kier molecular flexibility index (Phi) is 5.96. The van der Waals surface area contributed by atoms with Gasteiger partial charge in [-0.05, 0) is 6.26 Å². The van der Waals surface area contributed by atoms with Crippen LogP contribution in [0.2, 0.25) is 0 Å². The van der Waals surface area contributed by atoms with Gasteiger partial charge < -0.3 is 15.6 Å². The van der Waals surface area contributed by atoms with Crippen LogP contribution in [0.4, 0.5) is 0 Å². The van der Waals surface area contributed by atoms with Gasteiger partial charge in [0.15, 0.2) is 11.8 Å². The number of hydrogen-bond acceptors (Lipinski definition) is 4. The minimum absolute atomic E-state index is 0.281. The number of rotatable bonds is 7. The minimum atomic E-state index is -1.86. The van der Waals surface area contributed by atoms with Crippen LogP contribution in [0.1, 0.15) is 0 Å². The summed E-state index contributed by atoms with van der Waals surface area (Å²) >= 11 is 1.43. The molecule has 0 fully saturated rings. The quantitative estimate of drug-likeness (QED) is 0.381. The molecule has 5 heteroatoms. The van der Waals surface area contributed by atoms with E-state index in [1.807, 2.05) is 6.26 Å². The van der Waals surface area contributed by atoms with Gasteiger partial charge in [0, 0.05) is 11.7 Å². The van der Waals surface area contributed by atoms with Gasteiger partial charge in [0.2, 0.25) is 0 Å². The molecule has 0 aromatic heterocycles. The Hall–Kier alpha value is -1.07. The molecule has 0 saturated carbocycles. The first-order valence-corrected chi connectivity index (χ1v) is 5.69. The van der Waals surface area contributed by atoms with Crippen LogP contribution in [0, 0.1) is 5.92 Å². The Morgan fingerprint density at radius 1 is 1.73 bits per heavy atom. The van der Waals surface area contributed by atoms with Crippen molar-refractivity contribution in [2.24, 2.45) is 11.7 Å². The van der Waals surface area contributed by atoms with Crippen LogP contribution in [0.15, 0.2) is 24.8 Å². The van der Waals surface area contributed by atoms with Gasteiger partial charge in [0.05, 0.1) is 0 Å². The average molecular weight is 229 g/mol. The van der Waals surface area contributed by atoms with Crippen molar-refractivity contribution >= 4 is 24.0 Å². The second kappa shape index (κ2) is 6.42. The Bertz CT molecular complexity index is 278. The van der Waals surface area contributed by atoms with Gasteiger partial charge in [-0.1, -0.05) is 24.8 Å². The zero-order valence-electron chi connectivity index (χ0n) is 8.55. The van der Waals surface area contributed by atoms with E-state index in [4.69, 9.17) is 10.8 Å². The van der Waals surface area contributed by atoms with Crippen LogP contribution in [-0.4, -0.2) is 34.9 Å². The van der Waals surface area contributed by atoms with Crippen molar-refractivity contribution in [3.8, 4) is 0 Å². The van der Waals surface area contributed by atoms with E-state index in [1.165, 1.54) is 17.8 Å². The Labute approximate surface area is 93.2 Å². The second-order valence-electron chi connectivity index (χ2n) is 3.04. The molecule has 0 heterocycles. The number of carboxylic acid groups (broad SMARTS) is 1. The van der Waals surface area contributed by atoms with Crippen LogP contribution in [0.25, 0.3) is 0 Å². The van der Waals surface area contributed by atoms with Gasteiger partial charge in [0.25, 0.3) is 0 Å². The fourth-order valence-electron chi connectivity index (χ4n) is 1.04. The van der Waals surface area contributed by atoms with Gasteiger partial charge in [-0.15, -0.1) is 0 Å². The van der Waals surface area contributed by atoms with Gasteiger partial charge >= 0.3 is 5.97 Å². The van der Waals surface area contributed by atoms with E-state index < -0.39 is 17.4 Å². The summed E-state index contributed by atoms with van der Waals surface area (Å²) in [4.78, 5) is 21.7. The van der Waals surface area contributed by atoms with Crippen molar-refractivity contribution in [2.75, 3.05) is 12.0 Å². The zero-order valence-corrected chi connectivity index (χ0v) is 9.37. The van der Waals surface area contributed by atoms with Crippen molar-refractivity contribution in [3.05, 3.63) is 24.8 Å². The van der Waals surface area contributed by atoms with E-state index in [-0.39, 0.29) is 6.29 Å². The number of nitrogens with two attached hydrogens (primary N) is 1. The number of aldehydes is 1. The highest BCUT2D eigenvalue weighted by Crippen LogP contribution is 2.19. The Morgan fingerprint density at radius 2 is 2.33 bits per heavy atom. The topological polar surface area (TPSA) is 80.4 Å². The van der Waals surface area contributed by atoms with Gasteiger partial charge in [-0.25, -0.2) is 4.79 Å². The molecule has 0 aromatic carbocycles. The van der Waals surface area contributed by atoms with E-state index in [9.17, 15) is 9.59 Å². The summed E-state index contributed by atoms with van der Waals surface area (Å²) in [5.41, 5.74) is 3.69. The van der Waals surface area contributed by atoms with Crippen molar-refractivity contribution in [3.63, 3.8) is 0 Å². The SMILES string of the molecule is C=C/C=C/C(CSC)C(N)(C=O)C(=O)O. The van der Waals surface area contributed by atoms with Crippen LogP contribution in [0.5, 0.6) is 0 Å². The molecule has 0 spiro atoms. The summed E-state index contributed by atoms with van der Waals surface area (Å²) < 4.78 is 0. The maximum atomic E-state index is 10.9. The second-order valence-corrected chi connectivity index (χ2v) is 3.95. The summed E-state index contributed by atoms with van der Waals surface area (Å²) in [6, 6.07) is 0. The number of aliphatic carboxylic acids is 1. The van der Waals surface area contributed by atoms with Crippen molar-refractivity contribution in [1.29, 1.82) is 0 Å². The zero-order chi connectivity index (χ0) is 11.9. The summed E-state index contributed by atoms with van der Waals surface area (Å²) in [7, 11) is 0. The molecule has 0 aromatic rings. The molecular weight excluding hydrogens is 214 g/mol. The molecule has 0 radical (unpaired) electrons. The highest BCUT2D eigenvalue weighted by molar-refractivity contribution is 7.98. The molecule has 2 atom stereocenters. The van der Waals surface area contributed by atoms with Gasteiger partial charge in [-0.2, -0.15) is 11.8 Å². The molecule has 0 saturated heterocycles. The standard InChI is InChI=1S/C10H15NO3S/c1-3-4-5-8(6-15-2)10(11,7-12)9(13)14/h3-5,7-8H,1,6,11H2,2H3,(H,13,14)/b5-4+. The lowest BCUT2D eigenvalue weighted by atomic mass is 9.87. The number of carboxylic acids is 1. The van der Waals surface area contributed by atoms with Crippen LogP contribution in [-0.2, 0) is 9.59 Å². The molecule has 84 valence electrons. The van der Waals surface area contributed by atoms with E-state index in [0.29, 0.717) is 5.75 Å². The largest absolute Gasteiger partial charge is 0.480 e. The first kappa shape index (κ1) is 13.9. The summed E-state index contributed by atoms with van der Waals surface area (Å²) in [6.45, 7) is 3.48. The van der Waals surface area contributed by atoms with Crippen molar-refractivity contribution < 1.29 is 14.7 Å². The van der Waals surface area contributed by atoms with Crippen molar-refractivity contribution in [2.45, 2.75) is 5.54 Å². The van der Waals surface area contributed by atoms with E-state index in [0.717, 1.165) is 0 Å². The minimum Gasteiger partial charge on any atom is -0.480 e. The maximum Gasteiger partial charge on any atom is 0.331 e. The third-order valence-electron chi connectivity index (χ3n) is 2.00. The van der Waals surface area contributed by atoms with Gasteiger partial charge in [0.1, 0.15) is 0 Å². The number of allylic oxidation sites excluding steroid dienone is 2. The smallest absolute Gasteiger partial charge is 0.331 e. The molecule has 0 rings (SSSR count). The monoisotopic (exact) mass is 229 g/mol. The first-order valence-electron chi connectivity index (χ1n) is 4.29. The summed E-state index contributed by atoms with van der Waals surface area (Å²) in [5.74, 6) is -1.39. The number of carbonyl (C=O) groups is 2. The fourth-order valence-corrected chi connectivity index (χ4v) is 1.79. The predicted octanol–water partition coefficient (Wildman–Crippen LogP) is 0.689. The number of hydrogen-bond donors (Lipinski definition) is 2. The predicted molar refractivity (Wildman–Crippen MR) is 61.8 cm³/mol. The molecule has 0 amide bonds. The molecule has 2 unspecified atom stereocenters. The van der Waals surface area contributed by atoms with E-state index in [1.54, 1.807) is 12.2 Å². The molecule has 15 heavy (non-hydrogen) atoms. The Balaban J connectivity index is 5.00. The third-order valence-corrected chi connectivity index (χ3v) is 2.70. The lowest BCUT2D eigenvalue weighted by Gasteiger charge is -2.25. The lowest BCUT2D eigenvalue weighted by Crippen LogP contribution is -2.56. The molecule has 0 aliphatic heterocycles.